The normalized spacial score (nSPS) is 10.6. The first-order valence-corrected chi connectivity index (χ1v) is 8.01. The molecule has 0 saturated carbocycles. The van der Waals surface area contributed by atoms with Crippen LogP contribution in [0.1, 0.15) is 0 Å². The summed E-state index contributed by atoms with van der Waals surface area (Å²) in [6.45, 7) is 0. The van der Waals surface area contributed by atoms with Gasteiger partial charge < -0.3 is 5.73 Å². The minimum atomic E-state index is 0.476. The summed E-state index contributed by atoms with van der Waals surface area (Å²) in [6, 6.07) is 25.7. The van der Waals surface area contributed by atoms with Gasteiger partial charge in [-0.25, -0.2) is 9.97 Å². The molecule has 2 N–H and O–H groups in total. The van der Waals surface area contributed by atoms with Crippen LogP contribution in [0, 0.1) is 0 Å². The minimum Gasteiger partial charge on any atom is -0.384 e. The van der Waals surface area contributed by atoms with E-state index in [1.54, 1.807) is 12.3 Å². The van der Waals surface area contributed by atoms with Crippen molar-refractivity contribution in [3.8, 4) is 33.9 Å². The molecule has 0 bridgehead atoms. The molecule has 0 unspecified atom stereocenters. The fourth-order valence-corrected chi connectivity index (χ4v) is 2.70. The summed E-state index contributed by atoms with van der Waals surface area (Å²) < 4.78 is 0. The molecule has 4 heteroatoms. The van der Waals surface area contributed by atoms with Crippen molar-refractivity contribution in [1.29, 1.82) is 0 Å². The maximum Gasteiger partial charge on any atom is 0.124 e. The van der Waals surface area contributed by atoms with Gasteiger partial charge in [0.25, 0.3) is 0 Å². The fourth-order valence-electron chi connectivity index (χ4n) is 2.70. The van der Waals surface area contributed by atoms with Crippen LogP contribution in [0.4, 0.5) is 5.82 Å². The van der Waals surface area contributed by atoms with E-state index in [0.717, 1.165) is 33.9 Å². The van der Waals surface area contributed by atoms with Gasteiger partial charge in [0.1, 0.15) is 5.82 Å². The molecule has 3 heterocycles. The lowest BCUT2D eigenvalue weighted by molar-refractivity contribution is 1.22. The Bertz CT molecular complexity index is 941. The lowest BCUT2D eigenvalue weighted by Crippen LogP contribution is -1.96. The second-order valence-electron chi connectivity index (χ2n) is 5.65. The number of anilines is 1. The van der Waals surface area contributed by atoms with E-state index in [2.05, 4.69) is 22.1 Å². The third kappa shape index (κ3) is 3.23. The molecule has 4 aromatic rings. The lowest BCUT2D eigenvalue weighted by Gasteiger charge is -2.09. The Morgan fingerprint density at radius 2 is 1.28 bits per heavy atom. The SMILES string of the molecule is Nc1cccc(-c2cc(-c3ccccc3)cc(-c3ccccn3)n2)n1. The average Bonchev–Trinajstić information content (AvgIpc) is 2.69. The predicted octanol–water partition coefficient (Wildman–Crippen LogP) is 4.45. The van der Waals surface area contributed by atoms with Gasteiger partial charge in [0.2, 0.25) is 0 Å². The molecule has 0 aliphatic rings. The number of nitrogens with zero attached hydrogens (tertiary/aromatic N) is 3. The lowest BCUT2D eigenvalue weighted by atomic mass is 10.0. The van der Waals surface area contributed by atoms with Crippen LogP contribution >= 0.6 is 0 Å². The summed E-state index contributed by atoms with van der Waals surface area (Å²) in [7, 11) is 0. The highest BCUT2D eigenvalue weighted by Crippen LogP contribution is 2.28. The Balaban J connectivity index is 1.92. The van der Waals surface area contributed by atoms with Gasteiger partial charge in [-0.15, -0.1) is 0 Å². The largest absolute Gasteiger partial charge is 0.384 e. The Morgan fingerprint density at radius 1 is 0.560 bits per heavy atom. The summed E-state index contributed by atoms with van der Waals surface area (Å²) in [6.07, 6.45) is 1.77. The molecule has 0 fully saturated rings. The van der Waals surface area contributed by atoms with E-state index in [-0.39, 0.29) is 0 Å². The van der Waals surface area contributed by atoms with Crippen LogP contribution in [-0.2, 0) is 0 Å². The maximum atomic E-state index is 5.84. The second-order valence-corrected chi connectivity index (χ2v) is 5.65. The average molecular weight is 324 g/mol. The third-order valence-electron chi connectivity index (χ3n) is 3.89. The zero-order valence-corrected chi connectivity index (χ0v) is 13.5. The molecule has 0 spiro atoms. The van der Waals surface area contributed by atoms with Gasteiger partial charge in [0.05, 0.1) is 22.8 Å². The number of nitrogens with two attached hydrogens (primary N) is 1. The first-order valence-electron chi connectivity index (χ1n) is 8.01. The first kappa shape index (κ1) is 15.0. The Morgan fingerprint density at radius 3 is 2.00 bits per heavy atom. The van der Waals surface area contributed by atoms with Gasteiger partial charge in [0.15, 0.2) is 0 Å². The molecular weight excluding hydrogens is 308 g/mol. The summed E-state index contributed by atoms with van der Waals surface area (Å²) in [4.78, 5) is 13.6. The van der Waals surface area contributed by atoms with Crippen molar-refractivity contribution in [2.75, 3.05) is 5.73 Å². The van der Waals surface area contributed by atoms with Crippen molar-refractivity contribution in [2.24, 2.45) is 0 Å². The zero-order valence-electron chi connectivity index (χ0n) is 13.5. The van der Waals surface area contributed by atoms with E-state index in [9.17, 15) is 0 Å². The van der Waals surface area contributed by atoms with E-state index in [0.29, 0.717) is 5.82 Å². The Kier molecular flexibility index (Phi) is 3.92. The number of pyridine rings is 3. The summed E-state index contributed by atoms with van der Waals surface area (Å²) in [5.41, 5.74) is 11.2. The van der Waals surface area contributed by atoms with Crippen LogP contribution in [-0.4, -0.2) is 15.0 Å². The number of hydrogen-bond acceptors (Lipinski definition) is 4. The molecule has 0 radical (unpaired) electrons. The Hall–Kier alpha value is -3.53. The molecule has 4 rings (SSSR count). The molecule has 0 saturated heterocycles. The number of benzene rings is 1. The van der Waals surface area contributed by atoms with Gasteiger partial charge in [-0.05, 0) is 47.5 Å². The number of aromatic nitrogens is 3. The van der Waals surface area contributed by atoms with E-state index in [1.807, 2.05) is 60.7 Å². The van der Waals surface area contributed by atoms with Crippen LogP contribution in [0.5, 0.6) is 0 Å². The summed E-state index contributed by atoms with van der Waals surface area (Å²) in [5, 5.41) is 0. The number of nitrogen functional groups attached to an aromatic ring is 1. The Labute approximate surface area is 146 Å². The smallest absolute Gasteiger partial charge is 0.124 e. The van der Waals surface area contributed by atoms with Crippen molar-refractivity contribution in [1.82, 2.24) is 15.0 Å². The first-order chi connectivity index (χ1) is 12.3. The predicted molar refractivity (Wildman–Crippen MR) is 101 cm³/mol. The van der Waals surface area contributed by atoms with Crippen LogP contribution < -0.4 is 5.73 Å². The van der Waals surface area contributed by atoms with Crippen LogP contribution in [0.25, 0.3) is 33.9 Å². The van der Waals surface area contributed by atoms with Crippen molar-refractivity contribution in [2.45, 2.75) is 0 Å². The van der Waals surface area contributed by atoms with E-state index < -0.39 is 0 Å². The zero-order chi connectivity index (χ0) is 17.1. The second kappa shape index (κ2) is 6.53. The van der Waals surface area contributed by atoms with Crippen LogP contribution in [0.15, 0.2) is 85.1 Å². The quantitative estimate of drug-likeness (QED) is 0.604. The highest BCUT2D eigenvalue weighted by Gasteiger charge is 2.10. The third-order valence-corrected chi connectivity index (χ3v) is 3.89. The molecule has 0 amide bonds. The summed E-state index contributed by atoms with van der Waals surface area (Å²) >= 11 is 0. The van der Waals surface area contributed by atoms with Crippen molar-refractivity contribution < 1.29 is 0 Å². The van der Waals surface area contributed by atoms with E-state index in [1.165, 1.54) is 0 Å². The van der Waals surface area contributed by atoms with Crippen molar-refractivity contribution >= 4 is 5.82 Å². The van der Waals surface area contributed by atoms with Gasteiger partial charge in [-0.2, -0.15) is 0 Å². The molecule has 25 heavy (non-hydrogen) atoms. The molecule has 0 aliphatic carbocycles. The molecule has 0 atom stereocenters. The topological polar surface area (TPSA) is 64.7 Å². The number of hydrogen-bond donors (Lipinski definition) is 1. The highest BCUT2D eigenvalue weighted by molar-refractivity contribution is 5.74. The minimum absolute atomic E-state index is 0.476. The van der Waals surface area contributed by atoms with Gasteiger partial charge in [-0.1, -0.05) is 42.5 Å². The molecule has 0 aliphatic heterocycles. The van der Waals surface area contributed by atoms with Gasteiger partial charge >= 0.3 is 0 Å². The highest BCUT2D eigenvalue weighted by atomic mass is 14.9. The van der Waals surface area contributed by atoms with Crippen LogP contribution in [0.3, 0.4) is 0 Å². The summed E-state index contributed by atoms with van der Waals surface area (Å²) in [5.74, 6) is 0.476. The molecular formula is C21H16N4. The van der Waals surface area contributed by atoms with Gasteiger partial charge in [-0.3, -0.25) is 4.98 Å². The fraction of sp³-hybridized carbons (Fsp3) is 0. The maximum absolute atomic E-state index is 5.84. The van der Waals surface area contributed by atoms with Crippen LogP contribution in [0.2, 0.25) is 0 Å². The standard InChI is InChI=1S/C21H16N4/c22-21-11-6-10-18(25-21)20-14-16(15-7-2-1-3-8-15)13-19(24-20)17-9-4-5-12-23-17/h1-14H,(H2,22,25). The number of rotatable bonds is 3. The van der Waals surface area contributed by atoms with Crippen molar-refractivity contribution in [3.63, 3.8) is 0 Å². The molecule has 120 valence electrons. The molecule has 1 aromatic carbocycles. The van der Waals surface area contributed by atoms with E-state index >= 15 is 0 Å². The van der Waals surface area contributed by atoms with Crippen molar-refractivity contribution in [3.05, 3.63) is 85.1 Å². The van der Waals surface area contributed by atoms with Gasteiger partial charge in [0, 0.05) is 6.20 Å². The van der Waals surface area contributed by atoms with E-state index in [4.69, 9.17) is 10.7 Å². The molecule has 3 aromatic heterocycles. The molecule has 4 nitrogen and oxygen atoms in total. The monoisotopic (exact) mass is 324 g/mol.